The van der Waals surface area contributed by atoms with Gasteiger partial charge in [0.1, 0.15) is 0 Å². The van der Waals surface area contributed by atoms with E-state index in [9.17, 15) is 4.79 Å². The monoisotopic (exact) mass is 291 g/mol. The smallest absolute Gasteiger partial charge is 0.317 e. The quantitative estimate of drug-likeness (QED) is 0.895. The van der Waals surface area contributed by atoms with Gasteiger partial charge in [-0.25, -0.2) is 14.8 Å². The van der Waals surface area contributed by atoms with Gasteiger partial charge >= 0.3 is 6.03 Å². The summed E-state index contributed by atoms with van der Waals surface area (Å²) in [4.78, 5) is 22.5. The fraction of sp³-hybridized carbons (Fsp3) is 0.667. The summed E-state index contributed by atoms with van der Waals surface area (Å²) in [7, 11) is 0. The Morgan fingerprint density at radius 1 is 1.29 bits per heavy atom. The number of nitrogens with one attached hydrogen (secondary N) is 2. The Kier molecular flexibility index (Phi) is 4.65. The Morgan fingerprint density at radius 2 is 1.86 bits per heavy atom. The molecule has 1 fully saturated rings. The maximum Gasteiger partial charge on any atom is 0.317 e. The predicted molar refractivity (Wildman–Crippen MR) is 83.3 cm³/mol. The number of carbonyl (C=O) groups is 1. The highest BCUT2D eigenvalue weighted by molar-refractivity contribution is 5.74. The summed E-state index contributed by atoms with van der Waals surface area (Å²) in [6, 6.07) is 0.198. The molecule has 0 radical (unpaired) electrons. The normalized spacial score (nSPS) is 17.7. The first-order valence-electron chi connectivity index (χ1n) is 7.50. The van der Waals surface area contributed by atoms with E-state index in [1.807, 2.05) is 38.1 Å². The summed E-state index contributed by atoms with van der Waals surface area (Å²) < 4.78 is 0. The first-order chi connectivity index (χ1) is 9.88. The highest BCUT2D eigenvalue weighted by Crippen LogP contribution is 2.25. The third-order valence-corrected chi connectivity index (χ3v) is 3.76. The molecule has 116 valence electrons. The molecule has 6 nitrogen and oxygen atoms in total. The van der Waals surface area contributed by atoms with Crippen molar-refractivity contribution in [2.24, 2.45) is 0 Å². The van der Waals surface area contributed by atoms with Gasteiger partial charge in [-0.05, 0) is 46.1 Å². The van der Waals surface area contributed by atoms with Crippen LogP contribution in [0.2, 0.25) is 0 Å². The van der Waals surface area contributed by atoms with Crippen molar-refractivity contribution in [3.05, 3.63) is 18.0 Å². The third kappa shape index (κ3) is 4.31. The largest absolute Gasteiger partial charge is 0.349 e. The van der Waals surface area contributed by atoms with Gasteiger partial charge in [0.2, 0.25) is 5.95 Å². The molecule has 0 spiro atoms. The average molecular weight is 291 g/mol. The van der Waals surface area contributed by atoms with E-state index in [2.05, 4.69) is 27.5 Å². The van der Waals surface area contributed by atoms with E-state index in [1.54, 1.807) is 0 Å². The van der Waals surface area contributed by atoms with Crippen LogP contribution in [0.5, 0.6) is 0 Å². The number of aromatic nitrogens is 2. The van der Waals surface area contributed by atoms with Crippen molar-refractivity contribution in [1.29, 1.82) is 0 Å². The molecule has 0 bridgehead atoms. The fourth-order valence-corrected chi connectivity index (χ4v) is 2.39. The zero-order chi connectivity index (χ0) is 15.5. The van der Waals surface area contributed by atoms with Gasteiger partial charge in [-0.15, -0.1) is 0 Å². The molecule has 0 aliphatic carbocycles. The van der Waals surface area contributed by atoms with Crippen molar-refractivity contribution in [1.82, 2.24) is 20.2 Å². The van der Waals surface area contributed by atoms with E-state index in [1.165, 1.54) is 0 Å². The van der Waals surface area contributed by atoms with Crippen LogP contribution in [-0.2, 0) is 0 Å². The van der Waals surface area contributed by atoms with Crippen molar-refractivity contribution in [2.75, 3.05) is 18.4 Å². The predicted octanol–water partition coefficient (Wildman–Crippen LogP) is 2.17. The number of piperidine rings is 1. The lowest BCUT2D eigenvalue weighted by molar-refractivity contribution is 0.167. The highest BCUT2D eigenvalue weighted by Gasteiger charge is 2.32. The first kappa shape index (κ1) is 15.5. The average Bonchev–Trinajstić information content (AvgIpc) is 2.41. The molecule has 1 aliphatic rings. The molecule has 1 aliphatic heterocycles. The molecule has 1 aromatic rings. The van der Waals surface area contributed by atoms with Crippen LogP contribution in [-0.4, -0.2) is 45.6 Å². The Morgan fingerprint density at radius 3 is 2.38 bits per heavy atom. The number of rotatable bonds is 3. The summed E-state index contributed by atoms with van der Waals surface area (Å²) in [6.07, 6.45) is 5.39. The number of carbonyl (C=O) groups excluding carboxylic acids is 1. The number of likely N-dealkylation sites (tertiary alicyclic amines) is 1. The minimum absolute atomic E-state index is 0.0265. The van der Waals surface area contributed by atoms with Crippen molar-refractivity contribution >= 4 is 12.0 Å². The molecular formula is C15H25N5O. The van der Waals surface area contributed by atoms with Crippen LogP contribution in [0.3, 0.4) is 0 Å². The molecule has 1 saturated heterocycles. The van der Waals surface area contributed by atoms with E-state index in [0.29, 0.717) is 5.95 Å². The van der Waals surface area contributed by atoms with E-state index >= 15 is 0 Å². The minimum atomic E-state index is -0.0656. The zero-order valence-corrected chi connectivity index (χ0v) is 13.3. The van der Waals surface area contributed by atoms with E-state index in [-0.39, 0.29) is 17.6 Å². The van der Waals surface area contributed by atoms with Crippen LogP contribution in [0, 0.1) is 6.92 Å². The van der Waals surface area contributed by atoms with Gasteiger partial charge in [-0.3, -0.25) is 0 Å². The fourth-order valence-electron chi connectivity index (χ4n) is 2.39. The van der Waals surface area contributed by atoms with E-state index < -0.39 is 0 Å². The summed E-state index contributed by atoms with van der Waals surface area (Å²) in [5.74, 6) is 0.656. The SMILES string of the molecule is Cc1cnc(NC2(C)CCN(C(=O)NC(C)C)CC2)nc1. The minimum Gasteiger partial charge on any atom is -0.349 e. The molecule has 0 atom stereocenters. The van der Waals surface area contributed by atoms with Crippen LogP contribution >= 0.6 is 0 Å². The third-order valence-electron chi connectivity index (χ3n) is 3.76. The molecule has 2 amide bonds. The standard InChI is InChI=1S/C15H25N5O/c1-11(2)18-14(21)20-7-5-15(4,6-8-20)19-13-16-9-12(3)10-17-13/h9-11H,5-8H2,1-4H3,(H,18,21)(H,16,17,19). The van der Waals surface area contributed by atoms with Gasteiger partial charge in [-0.1, -0.05) is 0 Å². The molecule has 0 aromatic carbocycles. The summed E-state index contributed by atoms with van der Waals surface area (Å²) in [5, 5.41) is 6.34. The number of urea groups is 1. The van der Waals surface area contributed by atoms with Gasteiger partial charge < -0.3 is 15.5 Å². The van der Waals surface area contributed by atoms with Crippen LogP contribution < -0.4 is 10.6 Å². The number of hydrogen-bond acceptors (Lipinski definition) is 4. The van der Waals surface area contributed by atoms with Crippen LogP contribution in [0.25, 0.3) is 0 Å². The Balaban J connectivity index is 1.89. The van der Waals surface area contributed by atoms with Crippen molar-refractivity contribution in [3.8, 4) is 0 Å². The second-order valence-electron chi connectivity index (χ2n) is 6.36. The van der Waals surface area contributed by atoms with Gasteiger partial charge in [0.25, 0.3) is 0 Å². The maximum absolute atomic E-state index is 12.0. The Labute approximate surface area is 126 Å². The van der Waals surface area contributed by atoms with Crippen molar-refractivity contribution in [3.63, 3.8) is 0 Å². The summed E-state index contributed by atoms with van der Waals surface area (Å²) in [5.41, 5.74) is 0.982. The Hall–Kier alpha value is -1.85. The Bertz CT molecular complexity index is 477. The lowest BCUT2D eigenvalue weighted by Crippen LogP contribution is -2.52. The first-order valence-corrected chi connectivity index (χ1v) is 7.50. The lowest BCUT2D eigenvalue weighted by atomic mass is 9.90. The molecule has 21 heavy (non-hydrogen) atoms. The zero-order valence-electron chi connectivity index (χ0n) is 13.3. The second-order valence-corrected chi connectivity index (χ2v) is 6.36. The molecule has 6 heteroatoms. The molecule has 2 N–H and O–H groups in total. The number of hydrogen-bond donors (Lipinski definition) is 2. The lowest BCUT2D eigenvalue weighted by Gasteiger charge is -2.40. The molecule has 0 saturated carbocycles. The number of nitrogens with zero attached hydrogens (tertiary/aromatic N) is 3. The molecule has 2 heterocycles. The van der Waals surface area contributed by atoms with Gasteiger partial charge in [0.15, 0.2) is 0 Å². The number of aryl methyl sites for hydroxylation is 1. The van der Waals surface area contributed by atoms with Gasteiger partial charge in [-0.2, -0.15) is 0 Å². The maximum atomic E-state index is 12.0. The van der Waals surface area contributed by atoms with Crippen LogP contribution in [0.4, 0.5) is 10.7 Å². The molecular weight excluding hydrogens is 266 g/mol. The van der Waals surface area contributed by atoms with E-state index in [0.717, 1.165) is 31.5 Å². The highest BCUT2D eigenvalue weighted by atomic mass is 16.2. The molecule has 0 unspecified atom stereocenters. The molecule has 2 rings (SSSR count). The number of anilines is 1. The summed E-state index contributed by atoms with van der Waals surface area (Å²) >= 11 is 0. The van der Waals surface area contributed by atoms with E-state index in [4.69, 9.17) is 0 Å². The van der Waals surface area contributed by atoms with Crippen molar-refractivity contribution in [2.45, 2.75) is 52.1 Å². The summed E-state index contributed by atoms with van der Waals surface area (Å²) in [6.45, 7) is 9.57. The van der Waals surface area contributed by atoms with Crippen LogP contribution in [0.15, 0.2) is 12.4 Å². The topological polar surface area (TPSA) is 70.2 Å². The van der Waals surface area contributed by atoms with Crippen LogP contribution in [0.1, 0.15) is 39.2 Å². The van der Waals surface area contributed by atoms with Gasteiger partial charge in [0.05, 0.1) is 0 Å². The van der Waals surface area contributed by atoms with Crippen molar-refractivity contribution < 1.29 is 4.79 Å². The number of amides is 2. The molecule has 1 aromatic heterocycles. The second kappa shape index (κ2) is 6.28. The van der Waals surface area contributed by atoms with Gasteiger partial charge in [0, 0.05) is 37.1 Å².